The average Bonchev–Trinajstić information content (AvgIpc) is 3.18. The largest absolute Gasteiger partial charge is 0.456 e. The van der Waals surface area contributed by atoms with Gasteiger partial charge in [0, 0.05) is 29.6 Å². The number of rotatable bonds is 8. The summed E-state index contributed by atoms with van der Waals surface area (Å²) in [6.45, 7) is -0.0617. The molecule has 26 heavy (non-hydrogen) atoms. The number of carbonyl (C=O) groups is 3. The first-order valence-electron chi connectivity index (χ1n) is 7.84. The van der Waals surface area contributed by atoms with Crippen molar-refractivity contribution in [2.24, 2.45) is 0 Å². The normalized spacial score (nSPS) is 9.81. The van der Waals surface area contributed by atoms with E-state index in [0.717, 1.165) is 0 Å². The van der Waals surface area contributed by atoms with Crippen molar-refractivity contribution < 1.29 is 19.1 Å². The summed E-state index contributed by atoms with van der Waals surface area (Å²) in [6, 6.07) is 10.1. The van der Waals surface area contributed by atoms with E-state index >= 15 is 0 Å². The van der Waals surface area contributed by atoms with E-state index in [1.54, 1.807) is 29.6 Å². The van der Waals surface area contributed by atoms with E-state index in [4.69, 9.17) is 10.00 Å². The molecule has 1 aromatic heterocycles. The molecule has 0 aliphatic carbocycles. The monoisotopic (exact) mass is 371 g/mol. The zero-order valence-electron chi connectivity index (χ0n) is 13.9. The zero-order valence-corrected chi connectivity index (χ0v) is 14.7. The third-order valence-electron chi connectivity index (χ3n) is 3.27. The number of amides is 2. The molecule has 0 bridgehead atoms. The number of anilines is 1. The second-order valence-corrected chi connectivity index (χ2v) is 6.05. The molecule has 0 saturated heterocycles. The predicted octanol–water partition coefficient (Wildman–Crippen LogP) is 2.31. The highest BCUT2D eigenvalue weighted by molar-refractivity contribution is 7.08. The van der Waals surface area contributed by atoms with Crippen LogP contribution in [0.3, 0.4) is 0 Å². The Kier molecular flexibility index (Phi) is 7.33. The predicted molar refractivity (Wildman–Crippen MR) is 96.6 cm³/mol. The second kappa shape index (κ2) is 9.96. The lowest BCUT2D eigenvalue weighted by Crippen LogP contribution is -2.25. The highest BCUT2D eigenvalue weighted by atomic mass is 32.1. The lowest BCUT2D eigenvalue weighted by molar-refractivity contribution is -0.147. The highest BCUT2D eigenvalue weighted by Crippen LogP contribution is 2.09. The van der Waals surface area contributed by atoms with E-state index in [1.807, 2.05) is 11.4 Å². The van der Waals surface area contributed by atoms with Gasteiger partial charge in [-0.15, -0.1) is 0 Å². The first-order valence-corrected chi connectivity index (χ1v) is 8.79. The molecule has 134 valence electrons. The SMILES string of the molecule is N#Cc1cccc(NC(=O)COC(=O)CCCNC(=O)c2ccsc2)c1. The number of ether oxygens (including phenoxy) is 1. The Labute approximate surface area is 154 Å². The van der Waals surface area contributed by atoms with Gasteiger partial charge in [-0.25, -0.2) is 0 Å². The van der Waals surface area contributed by atoms with Crippen molar-refractivity contribution in [3.05, 3.63) is 52.2 Å². The van der Waals surface area contributed by atoms with Gasteiger partial charge in [-0.3, -0.25) is 14.4 Å². The van der Waals surface area contributed by atoms with Crippen molar-refractivity contribution in [2.75, 3.05) is 18.5 Å². The van der Waals surface area contributed by atoms with Crippen molar-refractivity contribution in [3.8, 4) is 6.07 Å². The molecule has 1 heterocycles. The molecule has 0 unspecified atom stereocenters. The second-order valence-electron chi connectivity index (χ2n) is 5.27. The molecule has 7 nitrogen and oxygen atoms in total. The number of thiophene rings is 1. The molecule has 0 saturated carbocycles. The summed E-state index contributed by atoms with van der Waals surface area (Å²) in [7, 11) is 0. The fourth-order valence-electron chi connectivity index (χ4n) is 2.01. The van der Waals surface area contributed by atoms with Gasteiger partial charge < -0.3 is 15.4 Å². The van der Waals surface area contributed by atoms with Crippen LogP contribution in [0.4, 0.5) is 5.69 Å². The van der Waals surface area contributed by atoms with Gasteiger partial charge in [0.15, 0.2) is 6.61 Å². The molecule has 0 spiro atoms. The summed E-state index contributed by atoms with van der Waals surface area (Å²) in [4.78, 5) is 35.0. The fourth-order valence-corrected chi connectivity index (χ4v) is 2.65. The van der Waals surface area contributed by atoms with E-state index in [0.29, 0.717) is 29.8 Å². The third-order valence-corrected chi connectivity index (χ3v) is 3.95. The molecule has 0 fully saturated rings. The molecule has 8 heteroatoms. The number of nitrogens with zero attached hydrogens (tertiary/aromatic N) is 1. The van der Waals surface area contributed by atoms with Crippen LogP contribution in [0.2, 0.25) is 0 Å². The number of nitriles is 1. The van der Waals surface area contributed by atoms with Gasteiger partial charge in [0.1, 0.15) is 0 Å². The van der Waals surface area contributed by atoms with Crippen molar-refractivity contribution in [2.45, 2.75) is 12.8 Å². The van der Waals surface area contributed by atoms with Crippen LogP contribution < -0.4 is 10.6 Å². The van der Waals surface area contributed by atoms with Gasteiger partial charge >= 0.3 is 5.97 Å². The molecule has 2 amide bonds. The summed E-state index contributed by atoms with van der Waals surface area (Å²) in [6.07, 6.45) is 0.516. The van der Waals surface area contributed by atoms with Gasteiger partial charge in [0.2, 0.25) is 0 Å². The summed E-state index contributed by atoms with van der Waals surface area (Å²) >= 11 is 1.44. The van der Waals surface area contributed by atoms with Gasteiger partial charge in [-0.1, -0.05) is 6.07 Å². The molecule has 2 rings (SSSR count). The van der Waals surface area contributed by atoms with Crippen LogP contribution in [-0.4, -0.2) is 30.9 Å². The molecule has 1 aromatic carbocycles. The van der Waals surface area contributed by atoms with Crippen LogP contribution in [-0.2, 0) is 14.3 Å². The van der Waals surface area contributed by atoms with Crippen LogP contribution in [0.1, 0.15) is 28.8 Å². The van der Waals surface area contributed by atoms with E-state index in [-0.39, 0.29) is 12.3 Å². The van der Waals surface area contributed by atoms with Crippen LogP contribution in [0.25, 0.3) is 0 Å². The smallest absolute Gasteiger partial charge is 0.306 e. The maximum absolute atomic E-state index is 11.7. The van der Waals surface area contributed by atoms with Crippen LogP contribution >= 0.6 is 11.3 Å². The van der Waals surface area contributed by atoms with Gasteiger partial charge in [0.25, 0.3) is 11.8 Å². The Morgan fingerprint density at radius 1 is 1.23 bits per heavy atom. The Morgan fingerprint density at radius 2 is 2.08 bits per heavy atom. The topological polar surface area (TPSA) is 108 Å². The minimum atomic E-state index is -0.518. The number of benzene rings is 1. The van der Waals surface area contributed by atoms with Crippen molar-refractivity contribution >= 4 is 34.8 Å². The van der Waals surface area contributed by atoms with Gasteiger partial charge in [-0.05, 0) is 36.1 Å². The Bertz CT molecular complexity index is 812. The Hall–Kier alpha value is -3.18. The summed E-state index contributed by atoms with van der Waals surface area (Å²) in [5, 5.41) is 17.6. The maximum atomic E-state index is 11.7. The van der Waals surface area contributed by atoms with Crippen molar-refractivity contribution in [1.29, 1.82) is 5.26 Å². The van der Waals surface area contributed by atoms with Crippen LogP contribution in [0.15, 0.2) is 41.1 Å². The van der Waals surface area contributed by atoms with E-state index in [1.165, 1.54) is 17.4 Å². The number of carbonyl (C=O) groups excluding carboxylic acids is 3. The molecule has 2 N–H and O–H groups in total. The van der Waals surface area contributed by atoms with E-state index < -0.39 is 18.5 Å². The molecular formula is C18H17N3O4S. The third kappa shape index (κ3) is 6.37. The average molecular weight is 371 g/mol. The summed E-state index contributed by atoms with van der Waals surface area (Å²) in [5.41, 5.74) is 1.47. The van der Waals surface area contributed by atoms with Gasteiger partial charge in [-0.2, -0.15) is 16.6 Å². The minimum Gasteiger partial charge on any atom is -0.456 e. The number of esters is 1. The summed E-state index contributed by atoms with van der Waals surface area (Å²) < 4.78 is 4.88. The summed E-state index contributed by atoms with van der Waals surface area (Å²) in [5.74, 6) is -1.19. The molecule has 0 atom stereocenters. The number of nitrogens with one attached hydrogen (secondary N) is 2. The number of hydrogen-bond acceptors (Lipinski definition) is 6. The Balaban J connectivity index is 1.61. The lowest BCUT2D eigenvalue weighted by atomic mass is 10.2. The van der Waals surface area contributed by atoms with Crippen molar-refractivity contribution in [3.63, 3.8) is 0 Å². The fraction of sp³-hybridized carbons (Fsp3) is 0.222. The Morgan fingerprint density at radius 3 is 2.81 bits per heavy atom. The van der Waals surface area contributed by atoms with E-state index in [9.17, 15) is 14.4 Å². The minimum absolute atomic E-state index is 0.0983. The molecule has 0 aliphatic rings. The van der Waals surface area contributed by atoms with Crippen LogP contribution in [0, 0.1) is 11.3 Å². The molecule has 2 aromatic rings. The van der Waals surface area contributed by atoms with Crippen LogP contribution in [0.5, 0.6) is 0 Å². The molecule has 0 aliphatic heterocycles. The first-order chi connectivity index (χ1) is 12.6. The van der Waals surface area contributed by atoms with Crippen molar-refractivity contribution in [1.82, 2.24) is 5.32 Å². The van der Waals surface area contributed by atoms with Gasteiger partial charge in [0.05, 0.1) is 11.6 Å². The van der Waals surface area contributed by atoms with E-state index in [2.05, 4.69) is 10.6 Å². The molecule has 0 radical (unpaired) electrons. The zero-order chi connectivity index (χ0) is 18.8. The highest BCUT2D eigenvalue weighted by Gasteiger charge is 2.09. The molecular weight excluding hydrogens is 354 g/mol. The quantitative estimate of drug-likeness (QED) is 0.547. The standard InChI is InChI=1S/C18H17N3O4S/c19-10-13-3-1-4-15(9-13)21-16(22)11-25-17(23)5-2-7-20-18(24)14-6-8-26-12-14/h1,3-4,6,8-9,12H,2,5,7,11H2,(H,20,24)(H,21,22). The number of hydrogen-bond donors (Lipinski definition) is 2. The maximum Gasteiger partial charge on any atom is 0.306 e. The first kappa shape index (κ1) is 19.1. The lowest BCUT2D eigenvalue weighted by Gasteiger charge is -2.07.